The van der Waals surface area contributed by atoms with Crippen molar-refractivity contribution in [2.45, 2.75) is 19.6 Å². The molecule has 1 aromatic heterocycles. The lowest BCUT2D eigenvalue weighted by atomic mass is 10.1. The van der Waals surface area contributed by atoms with Crippen LogP contribution in [0.25, 0.3) is 11.3 Å². The second-order valence-corrected chi connectivity index (χ2v) is 6.26. The molecule has 3 rings (SSSR count). The second-order valence-electron chi connectivity index (χ2n) is 6.26. The number of aromatic nitrogens is 1. The number of aryl methyl sites for hydroxylation is 1. The highest BCUT2D eigenvalue weighted by Gasteiger charge is 2.33. The molecular weight excluding hydrogens is 357 g/mol. The lowest BCUT2D eigenvalue weighted by molar-refractivity contribution is -0.138. The van der Waals surface area contributed by atoms with Gasteiger partial charge in [0.2, 0.25) is 5.76 Å². The first-order valence-electron chi connectivity index (χ1n) is 8.20. The molecule has 27 heavy (non-hydrogen) atoms. The molecular formula is C20H17F3N2O2. The molecule has 0 bridgehead atoms. The molecule has 1 heterocycles. The molecule has 140 valence electrons. The van der Waals surface area contributed by atoms with Crippen LogP contribution in [-0.2, 0) is 12.7 Å². The van der Waals surface area contributed by atoms with E-state index in [1.54, 1.807) is 0 Å². The summed E-state index contributed by atoms with van der Waals surface area (Å²) in [4.78, 5) is 13.7. The first-order valence-corrected chi connectivity index (χ1v) is 8.20. The SMILES string of the molecule is Cc1ccc(-c2cc(C(=O)N(C)Cc3ccccc3C(F)(F)F)on2)cc1. The molecule has 1 amide bonds. The Kier molecular flexibility index (Phi) is 5.03. The van der Waals surface area contributed by atoms with Crippen LogP contribution in [0.5, 0.6) is 0 Å². The maximum absolute atomic E-state index is 13.1. The largest absolute Gasteiger partial charge is 0.416 e. The highest BCUT2D eigenvalue weighted by molar-refractivity contribution is 5.92. The van der Waals surface area contributed by atoms with Gasteiger partial charge in [-0.2, -0.15) is 13.2 Å². The van der Waals surface area contributed by atoms with Crippen LogP contribution in [0.4, 0.5) is 13.2 Å². The molecule has 7 heteroatoms. The van der Waals surface area contributed by atoms with Crippen molar-refractivity contribution in [1.82, 2.24) is 10.1 Å². The number of alkyl halides is 3. The molecule has 0 atom stereocenters. The van der Waals surface area contributed by atoms with Crippen LogP contribution >= 0.6 is 0 Å². The molecule has 0 radical (unpaired) electrons. The van der Waals surface area contributed by atoms with E-state index < -0.39 is 17.6 Å². The smallest absolute Gasteiger partial charge is 0.350 e. The van der Waals surface area contributed by atoms with Gasteiger partial charge in [-0.15, -0.1) is 0 Å². The van der Waals surface area contributed by atoms with Crippen molar-refractivity contribution in [2.24, 2.45) is 0 Å². The average molecular weight is 374 g/mol. The third-order valence-corrected chi connectivity index (χ3v) is 4.15. The Morgan fingerprint density at radius 3 is 2.44 bits per heavy atom. The zero-order valence-corrected chi connectivity index (χ0v) is 14.7. The quantitative estimate of drug-likeness (QED) is 0.650. The van der Waals surface area contributed by atoms with E-state index in [1.807, 2.05) is 31.2 Å². The van der Waals surface area contributed by atoms with Gasteiger partial charge in [0.05, 0.1) is 5.56 Å². The van der Waals surface area contributed by atoms with E-state index in [9.17, 15) is 18.0 Å². The Balaban J connectivity index is 1.78. The Morgan fingerprint density at radius 1 is 1.11 bits per heavy atom. The molecule has 0 saturated carbocycles. The summed E-state index contributed by atoms with van der Waals surface area (Å²) in [6.07, 6.45) is -4.48. The fourth-order valence-electron chi connectivity index (χ4n) is 2.69. The van der Waals surface area contributed by atoms with E-state index in [0.29, 0.717) is 5.69 Å². The van der Waals surface area contributed by atoms with Crippen molar-refractivity contribution < 1.29 is 22.5 Å². The number of carbonyl (C=O) groups is 1. The van der Waals surface area contributed by atoms with Gasteiger partial charge in [0.25, 0.3) is 5.91 Å². The predicted octanol–water partition coefficient (Wildman–Crippen LogP) is 4.94. The first kappa shape index (κ1) is 18.7. The van der Waals surface area contributed by atoms with Crippen molar-refractivity contribution >= 4 is 5.91 Å². The van der Waals surface area contributed by atoms with Gasteiger partial charge in [-0.05, 0) is 18.6 Å². The van der Waals surface area contributed by atoms with Gasteiger partial charge in [-0.3, -0.25) is 4.79 Å². The third kappa shape index (κ3) is 4.19. The molecule has 4 nitrogen and oxygen atoms in total. The lowest BCUT2D eigenvalue weighted by Crippen LogP contribution is -2.27. The molecule has 0 aliphatic carbocycles. The average Bonchev–Trinajstić information content (AvgIpc) is 3.11. The summed E-state index contributed by atoms with van der Waals surface area (Å²) < 4.78 is 44.4. The van der Waals surface area contributed by atoms with Crippen LogP contribution < -0.4 is 0 Å². The summed E-state index contributed by atoms with van der Waals surface area (Å²) in [6, 6.07) is 14.2. The van der Waals surface area contributed by atoms with E-state index in [-0.39, 0.29) is 17.9 Å². The van der Waals surface area contributed by atoms with Crippen molar-refractivity contribution in [2.75, 3.05) is 7.05 Å². The number of halogens is 3. The molecule has 2 aromatic carbocycles. The Morgan fingerprint density at radius 2 is 1.78 bits per heavy atom. The van der Waals surface area contributed by atoms with Gasteiger partial charge < -0.3 is 9.42 Å². The number of rotatable bonds is 4. The highest BCUT2D eigenvalue weighted by atomic mass is 19.4. The number of nitrogens with zero attached hydrogens (tertiary/aromatic N) is 2. The van der Waals surface area contributed by atoms with Gasteiger partial charge in [-0.25, -0.2) is 0 Å². The van der Waals surface area contributed by atoms with Crippen LogP contribution in [-0.4, -0.2) is 23.0 Å². The van der Waals surface area contributed by atoms with Crippen LogP contribution in [0.1, 0.15) is 27.2 Å². The monoisotopic (exact) mass is 374 g/mol. The minimum atomic E-state index is -4.48. The van der Waals surface area contributed by atoms with E-state index in [0.717, 1.165) is 17.2 Å². The van der Waals surface area contributed by atoms with Gasteiger partial charge in [0.15, 0.2) is 0 Å². The maximum atomic E-state index is 13.1. The van der Waals surface area contributed by atoms with Crippen molar-refractivity contribution in [3.8, 4) is 11.3 Å². The summed E-state index contributed by atoms with van der Waals surface area (Å²) in [5.74, 6) is -0.574. The predicted molar refractivity (Wildman–Crippen MR) is 93.9 cm³/mol. The first-order chi connectivity index (χ1) is 12.8. The number of benzene rings is 2. The molecule has 3 aromatic rings. The minimum absolute atomic E-state index is 0.0131. The maximum Gasteiger partial charge on any atom is 0.416 e. The summed E-state index contributed by atoms with van der Waals surface area (Å²) >= 11 is 0. The Labute approximate surface area is 154 Å². The minimum Gasteiger partial charge on any atom is -0.350 e. The van der Waals surface area contributed by atoms with Gasteiger partial charge in [0.1, 0.15) is 5.69 Å². The topological polar surface area (TPSA) is 46.3 Å². The van der Waals surface area contributed by atoms with Gasteiger partial charge in [-0.1, -0.05) is 53.2 Å². The second kappa shape index (κ2) is 7.26. The van der Waals surface area contributed by atoms with E-state index in [2.05, 4.69) is 5.16 Å². The van der Waals surface area contributed by atoms with E-state index in [1.165, 1.54) is 36.2 Å². The number of hydrogen-bond acceptors (Lipinski definition) is 3. The van der Waals surface area contributed by atoms with Gasteiger partial charge in [0, 0.05) is 25.2 Å². The van der Waals surface area contributed by atoms with Crippen molar-refractivity contribution in [3.63, 3.8) is 0 Å². The fourth-order valence-corrected chi connectivity index (χ4v) is 2.69. The third-order valence-electron chi connectivity index (χ3n) is 4.15. The molecule has 0 N–H and O–H groups in total. The standard InChI is InChI=1S/C20H17F3N2O2/c1-13-7-9-14(10-8-13)17-11-18(27-24-17)19(26)25(2)12-15-5-3-4-6-16(15)20(21,22)23/h3-11H,12H2,1-2H3. The van der Waals surface area contributed by atoms with Crippen LogP contribution in [0, 0.1) is 6.92 Å². The summed E-state index contributed by atoms with van der Waals surface area (Å²) in [5.41, 5.74) is 1.61. The van der Waals surface area contributed by atoms with Crippen LogP contribution in [0.15, 0.2) is 59.1 Å². The fraction of sp³-hybridized carbons (Fsp3) is 0.200. The molecule has 0 saturated heterocycles. The summed E-state index contributed by atoms with van der Waals surface area (Å²) in [6.45, 7) is 1.75. The molecule has 0 fully saturated rings. The Bertz CT molecular complexity index is 946. The molecule has 0 aliphatic heterocycles. The van der Waals surface area contributed by atoms with Crippen molar-refractivity contribution in [1.29, 1.82) is 0 Å². The number of amides is 1. The lowest BCUT2D eigenvalue weighted by Gasteiger charge is -2.19. The van der Waals surface area contributed by atoms with E-state index >= 15 is 0 Å². The molecule has 0 unspecified atom stereocenters. The molecule has 0 spiro atoms. The summed E-state index contributed by atoms with van der Waals surface area (Å²) in [5, 5.41) is 3.88. The number of hydrogen-bond donors (Lipinski definition) is 0. The van der Waals surface area contributed by atoms with Crippen molar-refractivity contribution in [3.05, 3.63) is 77.0 Å². The highest BCUT2D eigenvalue weighted by Crippen LogP contribution is 2.32. The van der Waals surface area contributed by atoms with Crippen LogP contribution in [0.3, 0.4) is 0 Å². The Hall–Kier alpha value is -3.09. The zero-order valence-electron chi connectivity index (χ0n) is 14.7. The normalized spacial score (nSPS) is 11.4. The molecule has 0 aliphatic rings. The van der Waals surface area contributed by atoms with E-state index in [4.69, 9.17) is 4.52 Å². The summed E-state index contributed by atoms with van der Waals surface area (Å²) in [7, 11) is 1.42. The zero-order chi connectivity index (χ0) is 19.6. The van der Waals surface area contributed by atoms with Gasteiger partial charge >= 0.3 is 6.18 Å². The number of carbonyl (C=O) groups excluding carboxylic acids is 1. The van der Waals surface area contributed by atoms with Crippen LogP contribution in [0.2, 0.25) is 0 Å².